The second-order valence-electron chi connectivity index (χ2n) is 22.4. The van der Waals surface area contributed by atoms with E-state index < -0.39 is 12.8 Å². The predicted molar refractivity (Wildman–Crippen MR) is 304 cm³/mol. The molecule has 0 aliphatic heterocycles. The van der Waals surface area contributed by atoms with E-state index in [-0.39, 0.29) is 21.9 Å². The number of hydrogen-bond acceptors (Lipinski definition) is 2. The van der Waals surface area contributed by atoms with Crippen LogP contribution in [0.25, 0.3) is 44.5 Å². The number of hydrogen-bond donors (Lipinski definition) is 0. The molecule has 0 saturated carbocycles. The van der Waals surface area contributed by atoms with Crippen LogP contribution < -0.4 is 9.80 Å². The summed E-state index contributed by atoms with van der Waals surface area (Å²) in [6, 6.07) is 61.1. The monoisotopic (exact) mass is 921 g/mol. The SMILES string of the molecule is Cc1c(-c2ccccc2)cccc1N(c1ccc2c(c1C)-c1ccccc1C2(C)C)C(C)(C)C.[2H]C(C)c1c(-c2ccccc2)cccc1N(c1ccc2c(c1C([2H])C)-c1ccccc1C2(C)C)C(C)(C)C. The highest BCUT2D eigenvalue weighted by Crippen LogP contribution is 2.55. The number of fused-ring (bicyclic) bond motifs is 6. The average Bonchev–Trinajstić information content (AvgIpc) is 3.72. The fourth-order valence-electron chi connectivity index (χ4n) is 11.9. The Morgan fingerprint density at radius 3 is 1.29 bits per heavy atom. The summed E-state index contributed by atoms with van der Waals surface area (Å²) in [5.74, 6) is 0. The molecule has 0 saturated heterocycles. The highest BCUT2D eigenvalue weighted by Gasteiger charge is 2.40. The third-order valence-electron chi connectivity index (χ3n) is 15.2. The molecule has 0 spiro atoms. The van der Waals surface area contributed by atoms with Gasteiger partial charge in [0.05, 0.1) is 0 Å². The Morgan fingerprint density at radius 2 is 0.757 bits per heavy atom. The minimum atomic E-state index is -0.419. The number of anilines is 4. The molecule has 0 fully saturated rings. The van der Waals surface area contributed by atoms with Crippen molar-refractivity contribution in [2.75, 3.05) is 9.80 Å². The Bertz CT molecular complexity index is 3290. The van der Waals surface area contributed by atoms with Gasteiger partial charge in [-0.1, -0.05) is 187 Å². The van der Waals surface area contributed by atoms with Gasteiger partial charge in [0.15, 0.2) is 0 Å². The largest absolute Gasteiger partial charge is 0.336 e. The Kier molecular flexibility index (Phi) is 11.9. The van der Waals surface area contributed by atoms with Crippen LogP contribution in [-0.2, 0) is 23.6 Å². The molecule has 8 aromatic carbocycles. The van der Waals surface area contributed by atoms with Gasteiger partial charge in [-0.2, -0.15) is 0 Å². The van der Waals surface area contributed by atoms with Crippen molar-refractivity contribution in [2.45, 2.75) is 132 Å². The molecule has 2 nitrogen and oxygen atoms in total. The molecule has 8 aromatic rings. The van der Waals surface area contributed by atoms with Crippen molar-refractivity contribution in [3.8, 4) is 44.5 Å². The van der Waals surface area contributed by atoms with Crippen LogP contribution >= 0.6 is 0 Å². The molecule has 2 unspecified atom stereocenters. The molecule has 0 aromatic heterocycles. The molecule has 70 heavy (non-hydrogen) atoms. The van der Waals surface area contributed by atoms with Crippen LogP contribution in [0.3, 0.4) is 0 Å². The first kappa shape index (κ1) is 45.8. The summed E-state index contributed by atoms with van der Waals surface area (Å²) >= 11 is 0. The molecule has 356 valence electrons. The van der Waals surface area contributed by atoms with E-state index >= 15 is 0 Å². The van der Waals surface area contributed by atoms with E-state index in [9.17, 15) is 0 Å². The lowest BCUT2D eigenvalue weighted by Crippen LogP contribution is -2.39. The first-order chi connectivity index (χ1) is 34.1. The van der Waals surface area contributed by atoms with Crippen molar-refractivity contribution in [2.24, 2.45) is 0 Å². The van der Waals surface area contributed by atoms with E-state index in [4.69, 9.17) is 2.74 Å². The summed E-state index contributed by atoms with van der Waals surface area (Å²) in [4.78, 5) is 4.92. The van der Waals surface area contributed by atoms with E-state index in [0.29, 0.717) is 0 Å². The Morgan fingerprint density at radius 1 is 0.371 bits per heavy atom. The lowest BCUT2D eigenvalue weighted by atomic mass is 9.81. The molecule has 2 aliphatic rings. The zero-order chi connectivity index (χ0) is 51.7. The topological polar surface area (TPSA) is 6.48 Å². The van der Waals surface area contributed by atoms with Crippen LogP contribution in [0.2, 0.25) is 0 Å². The van der Waals surface area contributed by atoms with Gasteiger partial charge in [0.2, 0.25) is 0 Å². The van der Waals surface area contributed by atoms with Crippen molar-refractivity contribution >= 4 is 22.7 Å². The second kappa shape index (κ2) is 18.3. The van der Waals surface area contributed by atoms with Gasteiger partial charge in [0, 0.05) is 47.4 Å². The first-order valence-electron chi connectivity index (χ1n) is 26.5. The predicted octanol–water partition coefficient (Wildman–Crippen LogP) is 18.9. The third kappa shape index (κ3) is 8.18. The van der Waals surface area contributed by atoms with E-state index in [1.54, 1.807) is 0 Å². The second-order valence-corrected chi connectivity index (χ2v) is 22.4. The zero-order valence-electron chi connectivity index (χ0n) is 46.2. The van der Waals surface area contributed by atoms with E-state index in [1.165, 1.54) is 78.1 Å². The van der Waals surface area contributed by atoms with Crippen molar-refractivity contribution in [3.05, 3.63) is 214 Å². The minimum absolute atomic E-state index is 0.0188. The fourth-order valence-corrected chi connectivity index (χ4v) is 11.9. The highest BCUT2D eigenvalue weighted by atomic mass is 15.2. The van der Waals surface area contributed by atoms with Crippen LogP contribution in [-0.4, -0.2) is 11.1 Å². The molecule has 0 amide bonds. The smallest absolute Gasteiger partial charge is 0.0454 e. The van der Waals surface area contributed by atoms with Gasteiger partial charge in [-0.05, 0) is 181 Å². The summed E-state index contributed by atoms with van der Waals surface area (Å²) in [7, 11) is 0. The lowest BCUT2D eigenvalue weighted by Gasteiger charge is -2.41. The average molecular weight is 921 g/mol. The van der Waals surface area contributed by atoms with E-state index in [2.05, 4.69) is 257 Å². The molecule has 0 heterocycles. The standard InChI is InChI=1S/C35H39N.C33H35N/c1-8-25-27(24-16-11-10-12-17-24)19-15-21-31(25)36(34(3,4)5)32-23-22-30-33(26(32)9-2)28-18-13-14-20-29(28)35(30,6)7;1-22-25(24-14-9-8-10-15-24)17-13-19-29(22)34(32(3,4)5)30-21-20-28-31(23(30)2)26-16-11-12-18-27(26)33(28,6)7/h10-23H,8-9H2,1-7H3;8-21H,1-7H3/i8D,9D;. The highest BCUT2D eigenvalue weighted by molar-refractivity contribution is 5.91. The summed E-state index contributed by atoms with van der Waals surface area (Å²) < 4.78 is 18.1. The Balaban J connectivity index is 0.000000179. The number of benzene rings is 8. The van der Waals surface area contributed by atoms with Crippen molar-refractivity contribution in [1.82, 2.24) is 0 Å². The lowest BCUT2D eigenvalue weighted by molar-refractivity contribution is 0.557. The summed E-state index contributed by atoms with van der Waals surface area (Å²) in [5.41, 5.74) is 24.4. The molecule has 0 radical (unpaired) electrons. The van der Waals surface area contributed by atoms with Crippen molar-refractivity contribution < 1.29 is 2.74 Å². The molecular formula is C68H74N2. The normalized spacial score (nSPS) is 15.2. The maximum atomic E-state index is 9.11. The van der Waals surface area contributed by atoms with Gasteiger partial charge in [-0.15, -0.1) is 0 Å². The number of rotatable bonds is 8. The molecule has 2 aliphatic carbocycles. The quantitative estimate of drug-likeness (QED) is 0.150. The third-order valence-corrected chi connectivity index (χ3v) is 15.2. The van der Waals surface area contributed by atoms with Gasteiger partial charge >= 0.3 is 0 Å². The summed E-state index contributed by atoms with van der Waals surface area (Å²) in [5, 5.41) is 0. The van der Waals surface area contributed by atoms with Crippen LogP contribution in [0.5, 0.6) is 0 Å². The Labute approximate surface area is 423 Å². The summed E-state index contributed by atoms with van der Waals surface area (Å²) in [6.07, 6.45) is -0.835. The van der Waals surface area contributed by atoms with Gasteiger partial charge in [0.1, 0.15) is 0 Å². The molecule has 2 atom stereocenters. The van der Waals surface area contributed by atoms with Crippen molar-refractivity contribution in [1.29, 1.82) is 0 Å². The molecular weight excluding hydrogens is 845 g/mol. The molecule has 0 bridgehead atoms. The van der Waals surface area contributed by atoms with Crippen LogP contribution in [0, 0.1) is 13.8 Å². The minimum Gasteiger partial charge on any atom is -0.336 e. The molecule has 0 N–H and O–H groups in total. The van der Waals surface area contributed by atoms with Crippen LogP contribution in [0.15, 0.2) is 170 Å². The first-order valence-corrected chi connectivity index (χ1v) is 25.4. The van der Waals surface area contributed by atoms with E-state index in [0.717, 1.165) is 33.6 Å². The van der Waals surface area contributed by atoms with Gasteiger partial charge in [-0.3, -0.25) is 0 Å². The van der Waals surface area contributed by atoms with Gasteiger partial charge in [0.25, 0.3) is 0 Å². The van der Waals surface area contributed by atoms with Gasteiger partial charge < -0.3 is 9.80 Å². The maximum absolute atomic E-state index is 9.11. The van der Waals surface area contributed by atoms with Crippen LogP contribution in [0.4, 0.5) is 22.7 Å². The molecule has 10 rings (SSSR count). The molecule has 2 heteroatoms. The van der Waals surface area contributed by atoms with Gasteiger partial charge in [-0.25, -0.2) is 0 Å². The Hall–Kier alpha value is -6.64. The van der Waals surface area contributed by atoms with Crippen molar-refractivity contribution in [3.63, 3.8) is 0 Å². The fraction of sp³-hybridized carbons (Fsp3) is 0.294. The maximum Gasteiger partial charge on any atom is 0.0454 e. The zero-order valence-corrected chi connectivity index (χ0v) is 44.2. The van der Waals surface area contributed by atoms with E-state index in [1.807, 2.05) is 19.9 Å². The number of nitrogens with zero attached hydrogens (tertiary/aromatic N) is 2. The summed E-state index contributed by atoms with van der Waals surface area (Å²) in [6.45, 7) is 31.4. The van der Waals surface area contributed by atoms with Crippen LogP contribution in [0.1, 0.15) is 130 Å².